The first-order valence-electron chi connectivity index (χ1n) is 7.78. The molecule has 1 saturated carbocycles. The van der Waals surface area contributed by atoms with Gasteiger partial charge in [0.05, 0.1) is 0 Å². The topological polar surface area (TPSA) is 41.1 Å². The van der Waals surface area contributed by atoms with Crippen LogP contribution in [0.5, 0.6) is 0 Å². The molecular formula is C15H28N2O. The lowest BCUT2D eigenvalue weighted by molar-refractivity contribution is -0.126. The Morgan fingerprint density at radius 1 is 1.11 bits per heavy atom. The largest absolute Gasteiger partial charge is 0.353 e. The van der Waals surface area contributed by atoms with Crippen LogP contribution in [-0.4, -0.2) is 25.0 Å². The van der Waals surface area contributed by atoms with Crippen LogP contribution in [0.25, 0.3) is 0 Å². The predicted molar refractivity (Wildman–Crippen MR) is 74.4 cm³/mol. The molecule has 1 amide bonds. The van der Waals surface area contributed by atoms with E-state index in [4.69, 9.17) is 0 Å². The van der Waals surface area contributed by atoms with Crippen LogP contribution in [0.2, 0.25) is 0 Å². The summed E-state index contributed by atoms with van der Waals surface area (Å²) in [6, 6.07) is 0.327. The molecule has 2 atom stereocenters. The second-order valence-corrected chi connectivity index (χ2v) is 6.09. The van der Waals surface area contributed by atoms with Crippen LogP contribution >= 0.6 is 0 Å². The zero-order valence-electron chi connectivity index (χ0n) is 11.7. The normalized spacial score (nSPS) is 28.4. The van der Waals surface area contributed by atoms with Crippen molar-refractivity contribution in [2.24, 2.45) is 11.8 Å². The minimum Gasteiger partial charge on any atom is -0.353 e. The summed E-state index contributed by atoms with van der Waals surface area (Å²) in [6.07, 6.45) is 9.78. The minimum absolute atomic E-state index is 0.284. The molecule has 0 aromatic carbocycles. The smallest absolute Gasteiger partial charge is 0.223 e. The van der Waals surface area contributed by atoms with Crippen LogP contribution in [0.15, 0.2) is 0 Å². The van der Waals surface area contributed by atoms with Crippen molar-refractivity contribution in [2.75, 3.05) is 13.1 Å². The first kappa shape index (κ1) is 13.9. The number of rotatable bonds is 3. The number of hydrogen-bond donors (Lipinski definition) is 2. The maximum Gasteiger partial charge on any atom is 0.223 e. The van der Waals surface area contributed by atoms with Gasteiger partial charge in [-0.2, -0.15) is 0 Å². The van der Waals surface area contributed by atoms with Gasteiger partial charge in [0.1, 0.15) is 0 Å². The molecule has 1 heterocycles. The van der Waals surface area contributed by atoms with E-state index in [1.165, 1.54) is 38.5 Å². The molecule has 2 unspecified atom stereocenters. The highest BCUT2D eigenvalue weighted by molar-refractivity contribution is 5.78. The van der Waals surface area contributed by atoms with E-state index in [2.05, 4.69) is 17.6 Å². The van der Waals surface area contributed by atoms with Crippen LogP contribution in [0.1, 0.15) is 58.3 Å². The monoisotopic (exact) mass is 252 g/mol. The van der Waals surface area contributed by atoms with Gasteiger partial charge in [0.25, 0.3) is 0 Å². The van der Waals surface area contributed by atoms with Gasteiger partial charge in [-0.1, -0.05) is 25.7 Å². The number of piperidine rings is 1. The molecular weight excluding hydrogens is 224 g/mol. The number of amides is 1. The Hall–Kier alpha value is -0.570. The highest BCUT2D eigenvalue weighted by Gasteiger charge is 2.25. The fourth-order valence-corrected chi connectivity index (χ4v) is 3.31. The first-order valence-corrected chi connectivity index (χ1v) is 7.78. The molecule has 0 spiro atoms. The average Bonchev–Trinajstić information content (AvgIpc) is 2.68. The van der Waals surface area contributed by atoms with Gasteiger partial charge in [0, 0.05) is 12.0 Å². The van der Waals surface area contributed by atoms with Crippen molar-refractivity contribution in [3.63, 3.8) is 0 Å². The molecule has 3 nitrogen and oxygen atoms in total. The molecule has 0 aromatic heterocycles. The molecule has 3 heteroatoms. The van der Waals surface area contributed by atoms with Crippen molar-refractivity contribution < 1.29 is 4.79 Å². The summed E-state index contributed by atoms with van der Waals surface area (Å²) < 4.78 is 0. The average molecular weight is 252 g/mol. The van der Waals surface area contributed by atoms with Crippen molar-refractivity contribution in [1.82, 2.24) is 10.6 Å². The fourth-order valence-electron chi connectivity index (χ4n) is 3.31. The second kappa shape index (κ2) is 7.13. The molecule has 2 fully saturated rings. The Morgan fingerprint density at radius 3 is 2.44 bits per heavy atom. The van der Waals surface area contributed by atoms with E-state index in [1.54, 1.807) is 0 Å². The maximum atomic E-state index is 12.3. The summed E-state index contributed by atoms with van der Waals surface area (Å²) in [4.78, 5) is 12.3. The van der Waals surface area contributed by atoms with Gasteiger partial charge in [0.15, 0.2) is 0 Å². The van der Waals surface area contributed by atoms with Crippen molar-refractivity contribution in [3.05, 3.63) is 0 Å². The maximum absolute atomic E-state index is 12.3. The molecule has 18 heavy (non-hydrogen) atoms. The number of nitrogens with one attached hydrogen (secondary N) is 2. The van der Waals surface area contributed by atoms with E-state index < -0.39 is 0 Å². The lowest BCUT2D eigenvalue weighted by atomic mass is 9.91. The second-order valence-electron chi connectivity index (χ2n) is 6.09. The van der Waals surface area contributed by atoms with Crippen LogP contribution in [-0.2, 0) is 4.79 Å². The molecule has 104 valence electrons. The lowest BCUT2D eigenvalue weighted by Gasteiger charge is -2.30. The third kappa shape index (κ3) is 3.98. The summed E-state index contributed by atoms with van der Waals surface area (Å²) >= 11 is 0. The summed E-state index contributed by atoms with van der Waals surface area (Å²) in [5, 5.41) is 6.70. The molecule has 0 radical (unpaired) electrons. The van der Waals surface area contributed by atoms with Crippen molar-refractivity contribution in [2.45, 2.75) is 64.3 Å². The third-order valence-electron chi connectivity index (χ3n) is 4.64. The fraction of sp³-hybridized carbons (Fsp3) is 0.933. The van der Waals surface area contributed by atoms with Crippen LogP contribution < -0.4 is 10.6 Å². The summed E-state index contributed by atoms with van der Waals surface area (Å²) in [5.74, 6) is 1.22. The SMILES string of the molecule is CC(NC(=O)C1CCCCCC1)C1CCCNC1. The zero-order valence-corrected chi connectivity index (χ0v) is 11.7. The van der Waals surface area contributed by atoms with Crippen molar-refractivity contribution in [3.8, 4) is 0 Å². The van der Waals surface area contributed by atoms with E-state index in [0.29, 0.717) is 17.9 Å². The Balaban J connectivity index is 1.77. The highest BCUT2D eigenvalue weighted by atomic mass is 16.1. The summed E-state index contributed by atoms with van der Waals surface area (Å²) in [6.45, 7) is 4.37. The highest BCUT2D eigenvalue weighted by Crippen LogP contribution is 2.23. The van der Waals surface area contributed by atoms with Crippen LogP contribution in [0.3, 0.4) is 0 Å². The number of hydrogen-bond acceptors (Lipinski definition) is 2. The standard InChI is InChI=1S/C15H28N2O/c1-12(14-9-6-10-16-11-14)17-15(18)13-7-4-2-3-5-8-13/h12-14,16H,2-11H2,1H3,(H,17,18). The van der Waals surface area contributed by atoms with E-state index in [1.807, 2.05) is 0 Å². The molecule has 2 rings (SSSR count). The van der Waals surface area contributed by atoms with Crippen molar-refractivity contribution >= 4 is 5.91 Å². The van der Waals surface area contributed by atoms with Gasteiger partial charge >= 0.3 is 0 Å². The van der Waals surface area contributed by atoms with E-state index in [0.717, 1.165) is 25.9 Å². The Kier molecular flexibility index (Phi) is 5.48. The lowest BCUT2D eigenvalue weighted by Crippen LogP contribution is -2.46. The molecule has 2 aliphatic rings. The number of carbonyl (C=O) groups excluding carboxylic acids is 1. The van der Waals surface area contributed by atoms with Crippen molar-refractivity contribution in [1.29, 1.82) is 0 Å². The van der Waals surface area contributed by atoms with Gasteiger partial charge in [-0.25, -0.2) is 0 Å². The summed E-state index contributed by atoms with van der Waals surface area (Å²) in [7, 11) is 0. The predicted octanol–water partition coefficient (Wildman–Crippen LogP) is 2.46. The molecule has 2 N–H and O–H groups in total. The zero-order chi connectivity index (χ0) is 12.8. The number of carbonyl (C=O) groups is 1. The van der Waals surface area contributed by atoms with Gasteiger partial charge in [0.2, 0.25) is 5.91 Å². The van der Waals surface area contributed by atoms with E-state index in [9.17, 15) is 4.79 Å². The van der Waals surface area contributed by atoms with E-state index >= 15 is 0 Å². The third-order valence-corrected chi connectivity index (χ3v) is 4.64. The molecule has 1 saturated heterocycles. The van der Waals surface area contributed by atoms with Gasteiger partial charge in [-0.15, -0.1) is 0 Å². The Morgan fingerprint density at radius 2 is 1.83 bits per heavy atom. The minimum atomic E-state index is 0.284. The molecule has 1 aliphatic heterocycles. The van der Waals surface area contributed by atoms with Crippen LogP contribution in [0, 0.1) is 11.8 Å². The first-order chi connectivity index (χ1) is 8.77. The quantitative estimate of drug-likeness (QED) is 0.758. The Labute approximate surface area is 111 Å². The molecule has 0 aromatic rings. The van der Waals surface area contributed by atoms with Crippen LogP contribution in [0.4, 0.5) is 0 Å². The van der Waals surface area contributed by atoms with Gasteiger partial charge in [-0.05, 0) is 51.6 Å². The van der Waals surface area contributed by atoms with Gasteiger partial charge in [-0.3, -0.25) is 4.79 Å². The summed E-state index contributed by atoms with van der Waals surface area (Å²) in [5.41, 5.74) is 0. The molecule has 1 aliphatic carbocycles. The Bertz CT molecular complexity index is 253. The molecule has 0 bridgehead atoms. The van der Waals surface area contributed by atoms with Gasteiger partial charge < -0.3 is 10.6 Å². The van der Waals surface area contributed by atoms with E-state index in [-0.39, 0.29) is 5.92 Å².